The molecule has 0 aliphatic heterocycles. The molecule has 0 saturated heterocycles. The van der Waals surface area contributed by atoms with E-state index in [9.17, 15) is 12.8 Å². The van der Waals surface area contributed by atoms with E-state index in [4.69, 9.17) is 0 Å². The average Bonchev–Trinajstić information content (AvgIpc) is 2.86. The van der Waals surface area contributed by atoms with E-state index in [-0.39, 0.29) is 5.69 Å². The van der Waals surface area contributed by atoms with E-state index in [1.54, 1.807) is 6.07 Å². The molecular formula is C14H18FN3O2S. The zero-order chi connectivity index (χ0) is 15.5. The summed E-state index contributed by atoms with van der Waals surface area (Å²) < 4.78 is 40.1. The Labute approximate surface area is 123 Å². The molecule has 114 valence electrons. The van der Waals surface area contributed by atoms with Crippen LogP contribution in [-0.2, 0) is 23.1 Å². The highest BCUT2D eigenvalue weighted by Gasteiger charge is 2.08. The molecule has 0 saturated carbocycles. The molecule has 0 atom stereocenters. The summed E-state index contributed by atoms with van der Waals surface area (Å²) in [5, 5.41) is 3.14. The van der Waals surface area contributed by atoms with Crippen molar-refractivity contribution in [2.75, 3.05) is 16.3 Å². The Hall–Kier alpha value is -2.02. The Morgan fingerprint density at radius 2 is 2.05 bits per heavy atom. The van der Waals surface area contributed by atoms with Gasteiger partial charge in [0.2, 0.25) is 10.0 Å². The number of aryl methyl sites for hydroxylation is 1. The van der Waals surface area contributed by atoms with Crippen molar-refractivity contribution in [1.29, 1.82) is 0 Å². The highest BCUT2D eigenvalue weighted by Crippen LogP contribution is 2.21. The topological polar surface area (TPSA) is 63.1 Å². The number of hydrogen-bond donors (Lipinski definition) is 2. The second kappa shape index (κ2) is 6.17. The van der Waals surface area contributed by atoms with Crippen molar-refractivity contribution in [3.63, 3.8) is 0 Å². The van der Waals surface area contributed by atoms with E-state index in [0.29, 0.717) is 12.2 Å². The van der Waals surface area contributed by atoms with Crippen molar-refractivity contribution < 1.29 is 12.8 Å². The predicted octanol–water partition coefficient (Wildman–Crippen LogP) is 2.63. The number of halogens is 1. The van der Waals surface area contributed by atoms with Gasteiger partial charge in [-0.1, -0.05) is 0 Å². The quantitative estimate of drug-likeness (QED) is 0.862. The summed E-state index contributed by atoms with van der Waals surface area (Å²) in [6, 6.07) is 6.23. The van der Waals surface area contributed by atoms with Crippen LogP contribution in [-0.4, -0.2) is 19.2 Å². The Balaban J connectivity index is 2.08. The summed E-state index contributed by atoms with van der Waals surface area (Å²) in [7, 11) is -3.50. The van der Waals surface area contributed by atoms with E-state index in [1.165, 1.54) is 12.1 Å². The van der Waals surface area contributed by atoms with Crippen LogP contribution in [0.3, 0.4) is 0 Å². The maximum absolute atomic E-state index is 13.6. The van der Waals surface area contributed by atoms with Crippen LogP contribution >= 0.6 is 0 Å². The molecule has 1 aromatic carbocycles. The fourth-order valence-corrected chi connectivity index (χ4v) is 2.47. The third-order valence-corrected chi connectivity index (χ3v) is 3.53. The zero-order valence-electron chi connectivity index (χ0n) is 11.9. The highest BCUT2D eigenvalue weighted by atomic mass is 32.2. The molecule has 0 fully saturated rings. The van der Waals surface area contributed by atoms with Gasteiger partial charge in [0.25, 0.3) is 0 Å². The van der Waals surface area contributed by atoms with Gasteiger partial charge < -0.3 is 9.88 Å². The minimum atomic E-state index is -3.50. The zero-order valence-corrected chi connectivity index (χ0v) is 12.7. The van der Waals surface area contributed by atoms with Crippen molar-refractivity contribution in [1.82, 2.24) is 4.57 Å². The number of benzene rings is 1. The van der Waals surface area contributed by atoms with E-state index in [0.717, 1.165) is 18.4 Å². The first-order valence-corrected chi connectivity index (χ1v) is 8.42. The summed E-state index contributed by atoms with van der Waals surface area (Å²) in [4.78, 5) is 0. The number of anilines is 2. The lowest BCUT2D eigenvalue weighted by Crippen LogP contribution is -2.11. The van der Waals surface area contributed by atoms with Gasteiger partial charge in [0.05, 0.1) is 11.9 Å². The number of rotatable bonds is 6. The van der Waals surface area contributed by atoms with Gasteiger partial charge in [0, 0.05) is 31.2 Å². The van der Waals surface area contributed by atoms with Crippen LogP contribution in [0.25, 0.3) is 0 Å². The number of hydrogen-bond acceptors (Lipinski definition) is 3. The first kappa shape index (κ1) is 15.4. The molecule has 2 N–H and O–H groups in total. The lowest BCUT2D eigenvalue weighted by molar-refractivity contribution is 0.604. The largest absolute Gasteiger partial charge is 0.381 e. The number of sulfonamides is 1. The van der Waals surface area contributed by atoms with Crippen LogP contribution in [0.4, 0.5) is 15.8 Å². The van der Waals surface area contributed by atoms with Crippen LogP contribution in [0.15, 0.2) is 36.7 Å². The van der Waals surface area contributed by atoms with Gasteiger partial charge in [-0.2, -0.15) is 0 Å². The summed E-state index contributed by atoms with van der Waals surface area (Å²) in [5.74, 6) is -0.608. The van der Waals surface area contributed by atoms with Crippen molar-refractivity contribution in [3.05, 3.63) is 48.0 Å². The van der Waals surface area contributed by atoms with Crippen LogP contribution in [0.1, 0.15) is 12.5 Å². The molecule has 1 aromatic heterocycles. The second-order valence-electron chi connectivity index (χ2n) is 4.77. The van der Waals surface area contributed by atoms with Crippen LogP contribution in [0.2, 0.25) is 0 Å². The third kappa shape index (κ3) is 4.49. The van der Waals surface area contributed by atoms with E-state index in [2.05, 4.69) is 21.5 Å². The monoisotopic (exact) mass is 311 g/mol. The summed E-state index contributed by atoms with van der Waals surface area (Å²) in [5.41, 5.74) is 1.68. The van der Waals surface area contributed by atoms with Crippen LogP contribution in [0.5, 0.6) is 0 Å². The van der Waals surface area contributed by atoms with Gasteiger partial charge in [-0.15, -0.1) is 0 Å². The van der Waals surface area contributed by atoms with Gasteiger partial charge in [-0.05, 0) is 36.8 Å². The molecule has 2 rings (SSSR count). The first-order chi connectivity index (χ1) is 9.87. The molecule has 0 bridgehead atoms. The number of nitrogens with zero attached hydrogens (tertiary/aromatic N) is 1. The normalized spacial score (nSPS) is 11.4. The molecule has 5 nitrogen and oxygen atoms in total. The maximum Gasteiger partial charge on any atom is 0.229 e. The van der Waals surface area contributed by atoms with Crippen LogP contribution < -0.4 is 10.0 Å². The van der Waals surface area contributed by atoms with Crippen LogP contribution in [0, 0.1) is 5.82 Å². The molecule has 0 spiro atoms. The lowest BCUT2D eigenvalue weighted by atomic mass is 10.2. The van der Waals surface area contributed by atoms with E-state index < -0.39 is 15.8 Å². The molecule has 2 aromatic rings. The lowest BCUT2D eigenvalue weighted by Gasteiger charge is -2.09. The molecule has 0 radical (unpaired) electrons. The summed E-state index contributed by atoms with van der Waals surface area (Å²) in [6.07, 6.45) is 4.99. The summed E-state index contributed by atoms with van der Waals surface area (Å²) in [6.45, 7) is 3.54. The van der Waals surface area contributed by atoms with Gasteiger partial charge in [0.1, 0.15) is 5.82 Å². The molecule has 0 aliphatic rings. The Bertz CT molecular complexity index is 726. The number of aromatic nitrogens is 1. The Morgan fingerprint density at radius 3 is 2.67 bits per heavy atom. The standard InChI is InChI=1S/C14H18FN3O2S/c1-3-18-7-6-11(10-18)9-16-12-4-5-13(15)14(8-12)17-21(2,19)20/h4-8,10,16-17H,3,9H2,1-2H3. The summed E-state index contributed by atoms with van der Waals surface area (Å²) >= 11 is 0. The Kier molecular flexibility index (Phi) is 4.52. The van der Waals surface area contributed by atoms with E-state index >= 15 is 0 Å². The smallest absolute Gasteiger partial charge is 0.229 e. The van der Waals surface area contributed by atoms with Crippen molar-refractivity contribution in [2.45, 2.75) is 20.0 Å². The first-order valence-electron chi connectivity index (χ1n) is 6.53. The molecule has 7 heteroatoms. The van der Waals surface area contributed by atoms with Crippen molar-refractivity contribution in [3.8, 4) is 0 Å². The molecular weight excluding hydrogens is 293 g/mol. The fourth-order valence-electron chi connectivity index (χ4n) is 1.91. The minimum absolute atomic E-state index is 0.0615. The highest BCUT2D eigenvalue weighted by molar-refractivity contribution is 7.92. The molecule has 21 heavy (non-hydrogen) atoms. The second-order valence-corrected chi connectivity index (χ2v) is 6.52. The van der Waals surface area contributed by atoms with Gasteiger partial charge in [-0.25, -0.2) is 12.8 Å². The maximum atomic E-state index is 13.6. The fraction of sp³-hybridized carbons (Fsp3) is 0.286. The van der Waals surface area contributed by atoms with Crippen molar-refractivity contribution >= 4 is 21.4 Å². The number of nitrogens with one attached hydrogen (secondary N) is 2. The molecule has 0 aliphatic carbocycles. The van der Waals surface area contributed by atoms with E-state index in [1.807, 2.05) is 18.5 Å². The average molecular weight is 311 g/mol. The van der Waals surface area contributed by atoms with Crippen molar-refractivity contribution in [2.24, 2.45) is 0 Å². The predicted molar refractivity (Wildman–Crippen MR) is 82.3 cm³/mol. The molecule has 1 heterocycles. The molecule has 0 amide bonds. The Morgan fingerprint density at radius 1 is 1.29 bits per heavy atom. The minimum Gasteiger partial charge on any atom is -0.381 e. The molecule has 0 unspecified atom stereocenters. The van der Waals surface area contributed by atoms with Gasteiger partial charge in [0.15, 0.2) is 0 Å². The van der Waals surface area contributed by atoms with Gasteiger partial charge in [-0.3, -0.25) is 4.72 Å². The van der Waals surface area contributed by atoms with Gasteiger partial charge >= 0.3 is 0 Å². The SMILES string of the molecule is CCn1ccc(CNc2ccc(F)c(NS(C)(=O)=O)c2)c1. The third-order valence-electron chi connectivity index (χ3n) is 2.94.